The number of nitrogens with one attached hydrogen (secondary N) is 1. The molecule has 0 aliphatic heterocycles. The Morgan fingerprint density at radius 1 is 1.05 bits per heavy atom. The number of rotatable bonds is 7. The first-order valence-corrected chi connectivity index (χ1v) is 12.7. The van der Waals surface area contributed by atoms with Crippen LogP contribution < -0.4 is 14.8 Å². The third kappa shape index (κ3) is 5.04. The van der Waals surface area contributed by atoms with Crippen LogP contribution in [0.2, 0.25) is 0 Å². The number of ether oxygens (including phenoxy) is 2. The minimum absolute atomic E-state index is 0.0862. The Kier molecular flexibility index (Phi) is 7.00. The maximum atomic E-state index is 12.8. The summed E-state index contributed by atoms with van der Waals surface area (Å²) in [5, 5.41) is 15.0. The van der Waals surface area contributed by atoms with Gasteiger partial charge in [0.1, 0.15) is 17.2 Å². The number of fused-ring (bicyclic) bond motifs is 1. The van der Waals surface area contributed by atoms with Crippen molar-refractivity contribution in [1.29, 1.82) is 0 Å². The standard InChI is InChI=1S/C29H30N4O5/c1-18-13-14-32-26(15-18)31-27(28(32)30-22-7-5-4-6-8-22)20-11-12-24(25(17-20)37-3)38-29(34)21-10-9-19(2)23(16-21)33(35)36/h9-17,22,30H,4-8H2,1-3H3. The highest BCUT2D eigenvalue weighted by Gasteiger charge is 2.22. The third-order valence-electron chi connectivity index (χ3n) is 7.01. The minimum atomic E-state index is -0.706. The van der Waals surface area contributed by atoms with Crippen LogP contribution in [0.1, 0.15) is 53.6 Å². The number of carbonyl (C=O) groups excluding carboxylic acids is 1. The number of aromatic nitrogens is 2. The lowest BCUT2D eigenvalue weighted by molar-refractivity contribution is -0.385. The fraction of sp³-hybridized carbons (Fsp3) is 0.310. The van der Waals surface area contributed by atoms with Gasteiger partial charge in [-0.1, -0.05) is 25.3 Å². The van der Waals surface area contributed by atoms with Gasteiger partial charge in [-0.25, -0.2) is 9.78 Å². The highest BCUT2D eigenvalue weighted by atomic mass is 16.6. The summed E-state index contributed by atoms with van der Waals surface area (Å²) in [6, 6.07) is 14.0. The van der Waals surface area contributed by atoms with Crippen LogP contribution in [0, 0.1) is 24.0 Å². The van der Waals surface area contributed by atoms with Crippen molar-refractivity contribution in [3.63, 3.8) is 0 Å². The summed E-state index contributed by atoms with van der Waals surface area (Å²) >= 11 is 0. The molecular weight excluding hydrogens is 484 g/mol. The molecule has 9 heteroatoms. The molecule has 1 N–H and O–H groups in total. The number of benzene rings is 2. The van der Waals surface area contributed by atoms with E-state index in [1.54, 1.807) is 19.1 Å². The van der Waals surface area contributed by atoms with Gasteiger partial charge in [0, 0.05) is 29.4 Å². The third-order valence-corrected chi connectivity index (χ3v) is 7.01. The highest BCUT2D eigenvalue weighted by Crippen LogP contribution is 2.37. The molecule has 5 rings (SSSR count). The average Bonchev–Trinajstić information content (AvgIpc) is 3.26. The van der Waals surface area contributed by atoms with Gasteiger partial charge in [0.05, 0.1) is 17.6 Å². The fourth-order valence-electron chi connectivity index (χ4n) is 4.92. The molecule has 1 aliphatic rings. The molecule has 2 aromatic carbocycles. The Balaban J connectivity index is 1.48. The Morgan fingerprint density at radius 3 is 2.58 bits per heavy atom. The summed E-state index contributed by atoms with van der Waals surface area (Å²) in [6.07, 6.45) is 7.95. The molecule has 1 fully saturated rings. The van der Waals surface area contributed by atoms with Gasteiger partial charge in [0.15, 0.2) is 11.5 Å². The predicted molar refractivity (Wildman–Crippen MR) is 145 cm³/mol. The molecule has 0 radical (unpaired) electrons. The highest BCUT2D eigenvalue weighted by molar-refractivity contribution is 5.92. The number of nitrogens with zero attached hydrogens (tertiary/aromatic N) is 3. The molecular formula is C29H30N4O5. The largest absolute Gasteiger partial charge is 0.493 e. The van der Waals surface area contributed by atoms with Gasteiger partial charge in [-0.15, -0.1) is 0 Å². The second-order valence-corrected chi connectivity index (χ2v) is 9.73. The molecule has 0 unspecified atom stereocenters. The van der Waals surface area contributed by atoms with E-state index in [0.29, 0.717) is 17.4 Å². The number of nitro groups is 1. The number of nitro benzene ring substituents is 1. The van der Waals surface area contributed by atoms with Crippen LogP contribution in [0.5, 0.6) is 11.5 Å². The van der Waals surface area contributed by atoms with Crippen LogP contribution in [-0.2, 0) is 0 Å². The molecule has 0 saturated heterocycles. The molecule has 2 aromatic heterocycles. The van der Waals surface area contributed by atoms with E-state index in [4.69, 9.17) is 14.5 Å². The molecule has 0 amide bonds. The van der Waals surface area contributed by atoms with Gasteiger partial charge in [0.25, 0.3) is 5.69 Å². The van der Waals surface area contributed by atoms with Crippen molar-refractivity contribution in [1.82, 2.24) is 9.38 Å². The number of pyridine rings is 1. The van der Waals surface area contributed by atoms with Crippen molar-refractivity contribution in [3.8, 4) is 22.8 Å². The Morgan fingerprint density at radius 2 is 1.84 bits per heavy atom. The molecule has 0 atom stereocenters. The first-order valence-electron chi connectivity index (χ1n) is 12.7. The van der Waals surface area contributed by atoms with E-state index in [0.717, 1.165) is 41.1 Å². The molecule has 1 saturated carbocycles. The maximum absolute atomic E-state index is 12.8. The summed E-state index contributed by atoms with van der Waals surface area (Å²) in [5.41, 5.74) is 3.97. The van der Waals surface area contributed by atoms with Crippen molar-refractivity contribution in [2.75, 3.05) is 12.4 Å². The monoisotopic (exact) mass is 514 g/mol. The number of aryl methyl sites for hydroxylation is 2. The molecule has 2 heterocycles. The van der Waals surface area contributed by atoms with Gasteiger partial charge in [-0.3, -0.25) is 14.5 Å². The van der Waals surface area contributed by atoms with Crippen LogP contribution in [0.3, 0.4) is 0 Å². The number of carbonyl (C=O) groups is 1. The molecule has 1 aliphatic carbocycles. The van der Waals surface area contributed by atoms with Crippen molar-refractivity contribution in [2.45, 2.75) is 52.0 Å². The lowest BCUT2D eigenvalue weighted by Crippen LogP contribution is -2.23. The SMILES string of the molecule is COc1cc(-c2nc3cc(C)ccn3c2NC2CCCCC2)ccc1OC(=O)c1ccc(C)c([N+](=O)[O-])c1. The Labute approximate surface area is 220 Å². The summed E-state index contributed by atoms with van der Waals surface area (Å²) in [6.45, 7) is 3.66. The van der Waals surface area contributed by atoms with Gasteiger partial charge in [-0.05, 0) is 68.7 Å². The topological polar surface area (TPSA) is 108 Å². The molecule has 9 nitrogen and oxygen atoms in total. The first-order chi connectivity index (χ1) is 18.3. The smallest absolute Gasteiger partial charge is 0.343 e. The fourth-order valence-corrected chi connectivity index (χ4v) is 4.92. The van der Waals surface area contributed by atoms with Crippen molar-refractivity contribution < 1.29 is 19.2 Å². The molecule has 4 aromatic rings. The molecule has 0 bridgehead atoms. The van der Waals surface area contributed by atoms with Gasteiger partial charge in [0.2, 0.25) is 0 Å². The Hall–Kier alpha value is -4.40. The number of hydrogen-bond acceptors (Lipinski definition) is 7. The van der Waals surface area contributed by atoms with Crippen molar-refractivity contribution in [2.24, 2.45) is 0 Å². The van der Waals surface area contributed by atoms with Crippen molar-refractivity contribution >= 4 is 23.1 Å². The van der Waals surface area contributed by atoms with Crippen molar-refractivity contribution in [3.05, 3.63) is 81.5 Å². The van der Waals surface area contributed by atoms with E-state index in [2.05, 4.69) is 15.8 Å². The van der Waals surface area contributed by atoms with E-state index in [1.807, 2.05) is 25.3 Å². The summed E-state index contributed by atoms with van der Waals surface area (Å²) < 4.78 is 13.2. The molecule has 196 valence electrons. The van der Waals surface area contributed by atoms with E-state index in [9.17, 15) is 14.9 Å². The van der Waals surface area contributed by atoms with Gasteiger partial charge >= 0.3 is 5.97 Å². The van der Waals surface area contributed by atoms with Gasteiger partial charge in [-0.2, -0.15) is 0 Å². The second kappa shape index (κ2) is 10.5. The minimum Gasteiger partial charge on any atom is -0.493 e. The van der Waals surface area contributed by atoms with E-state index >= 15 is 0 Å². The summed E-state index contributed by atoms with van der Waals surface area (Å²) in [7, 11) is 1.50. The van der Waals surface area contributed by atoms with Crippen LogP contribution >= 0.6 is 0 Å². The Bertz CT molecular complexity index is 1520. The lowest BCUT2D eigenvalue weighted by atomic mass is 9.95. The normalized spacial score (nSPS) is 13.9. The predicted octanol–water partition coefficient (Wildman–Crippen LogP) is 6.50. The van der Waals surface area contributed by atoms with E-state index in [1.165, 1.54) is 44.6 Å². The molecule has 38 heavy (non-hydrogen) atoms. The number of imidazole rings is 1. The maximum Gasteiger partial charge on any atom is 0.343 e. The zero-order chi connectivity index (χ0) is 26.8. The summed E-state index contributed by atoms with van der Waals surface area (Å²) in [5.74, 6) is 0.785. The quantitative estimate of drug-likeness (QED) is 0.130. The first kappa shape index (κ1) is 25.3. The number of hydrogen-bond donors (Lipinski definition) is 1. The number of esters is 1. The lowest BCUT2D eigenvalue weighted by Gasteiger charge is -2.24. The average molecular weight is 515 g/mol. The van der Waals surface area contributed by atoms with Crippen LogP contribution in [0.15, 0.2) is 54.7 Å². The van der Waals surface area contributed by atoms with Crippen LogP contribution in [0.25, 0.3) is 16.9 Å². The van der Waals surface area contributed by atoms with E-state index in [-0.39, 0.29) is 17.0 Å². The zero-order valence-electron chi connectivity index (χ0n) is 21.7. The summed E-state index contributed by atoms with van der Waals surface area (Å²) in [4.78, 5) is 28.5. The van der Waals surface area contributed by atoms with Crippen LogP contribution in [0.4, 0.5) is 11.5 Å². The number of methoxy groups -OCH3 is 1. The second-order valence-electron chi connectivity index (χ2n) is 9.73. The number of anilines is 1. The van der Waals surface area contributed by atoms with E-state index < -0.39 is 10.9 Å². The zero-order valence-corrected chi connectivity index (χ0v) is 21.7. The van der Waals surface area contributed by atoms with Gasteiger partial charge < -0.3 is 14.8 Å². The van der Waals surface area contributed by atoms with Crippen LogP contribution in [-0.4, -0.2) is 33.4 Å². The molecule has 0 spiro atoms.